The number of nitrogens with zero attached hydrogens (tertiary/aromatic N) is 2. The predicted octanol–water partition coefficient (Wildman–Crippen LogP) is 1.93. The van der Waals surface area contributed by atoms with Gasteiger partial charge >= 0.3 is 0 Å². The zero-order chi connectivity index (χ0) is 13.2. The van der Waals surface area contributed by atoms with E-state index >= 15 is 0 Å². The van der Waals surface area contributed by atoms with Crippen LogP contribution in [0.4, 0.5) is 0 Å². The van der Waals surface area contributed by atoms with Gasteiger partial charge in [-0.25, -0.2) is 0 Å². The molecule has 19 heavy (non-hydrogen) atoms. The van der Waals surface area contributed by atoms with Crippen LogP contribution in [0.2, 0.25) is 0 Å². The number of nitrogens with one attached hydrogen (secondary N) is 1. The average Bonchev–Trinajstić information content (AvgIpc) is 2.43. The molecule has 1 saturated carbocycles. The second-order valence-corrected chi connectivity index (χ2v) is 7.18. The first kappa shape index (κ1) is 13.8. The monoisotopic (exact) mass is 265 g/mol. The average molecular weight is 265 g/mol. The normalized spacial score (nSPS) is 42.0. The molecule has 0 spiro atoms. The molecule has 4 atom stereocenters. The molecule has 4 unspecified atom stereocenters. The van der Waals surface area contributed by atoms with Crippen LogP contribution >= 0.6 is 0 Å². The number of hydrogen-bond acceptors (Lipinski definition) is 3. The van der Waals surface area contributed by atoms with Crippen LogP contribution in [-0.4, -0.2) is 61.2 Å². The van der Waals surface area contributed by atoms with Gasteiger partial charge in [0, 0.05) is 44.3 Å². The van der Waals surface area contributed by atoms with Gasteiger partial charge in [0.2, 0.25) is 0 Å². The minimum atomic E-state index is 0.722. The van der Waals surface area contributed by atoms with Gasteiger partial charge in [-0.1, -0.05) is 12.8 Å². The summed E-state index contributed by atoms with van der Waals surface area (Å²) < 4.78 is 0. The summed E-state index contributed by atoms with van der Waals surface area (Å²) in [6.45, 7) is 7.38. The van der Waals surface area contributed by atoms with E-state index in [-0.39, 0.29) is 0 Å². The van der Waals surface area contributed by atoms with E-state index in [1.165, 1.54) is 64.7 Å². The summed E-state index contributed by atoms with van der Waals surface area (Å²) in [4.78, 5) is 5.17. The van der Waals surface area contributed by atoms with Crippen molar-refractivity contribution < 1.29 is 0 Å². The summed E-state index contributed by atoms with van der Waals surface area (Å²) in [6, 6.07) is 2.33. The molecule has 2 saturated heterocycles. The molecular formula is C16H31N3. The lowest BCUT2D eigenvalue weighted by Gasteiger charge is -2.44. The standard InChI is InChI=1S/C16H31N3/c1-13-11-19(10-9-18(13)2)12-15-8-7-14-5-3-4-6-16(14)17-15/h13-17H,3-12H2,1-2H3. The number of fused-ring (bicyclic) bond motifs is 1. The molecule has 1 aliphatic carbocycles. The van der Waals surface area contributed by atoms with Gasteiger partial charge in [-0.05, 0) is 45.6 Å². The summed E-state index contributed by atoms with van der Waals surface area (Å²) >= 11 is 0. The lowest BCUT2D eigenvalue weighted by Crippen LogP contribution is -2.57. The third-order valence-electron chi connectivity index (χ3n) is 5.77. The Kier molecular flexibility index (Phi) is 4.45. The third-order valence-corrected chi connectivity index (χ3v) is 5.77. The van der Waals surface area contributed by atoms with Crippen molar-refractivity contribution in [2.24, 2.45) is 5.92 Å². The Labute approximate surface area is 118 Å². The van der Waals surface area contributed by atoms with Crippen LogP contribution in [0.5, 0.6) is 0 Å². The Morgan fingerprint density at radius 3 is 2.74 bits per heavy atom. The molecule has 3 heteroatoms. The van der Waals surface area contributed by atoms with Crippen molar-refractivity contribution in [1.29, 1.82) is 0 Å². The first-order chi connectivity index (χ1) is 9.22. The number of rotatable bonds is 2. The Morgan fingerprint density at radius 1 is 1.05 bits per heavy atom. The van der Waals surface area contributed by atoms with Gasteiger partial charge < -0.3 is 10.2 Å². The molecule has 0 bridgehead atoms. The molecule has 2 heterocycles. The highest BCUT2D eigenvalue weighted by atomic mass is 15.3. The van der Waals surface area contributed by atoms with E-state index in [0.29, 0.717) is 0 Å². The van der Waals surface area contributed by atoms with Crippen molar-refractivity contribution in [3.05, 3.63) is 0 Å². The van der Waals surface area contributed by atoms with Gasteiger partial charge in [-0.2, -0.15) is 0 Å². The molecule has 0 aromatic carbocycles. The van der Waals surface area contributed by atoms with E-state index in [4.69, 9.17) is 0 Å². The van der Waals surface area contributed by atoms with Gasteiger partial charge in [-0.15, -0.1) is 0 Å². The molecule has 3 aliphatic rings. The van der Waals surface area contributed by atoms with Gasteiger partial charge in [0.25, 0.3) is 0 Å². The maximum atomic E-state index is 3.97. The largest absolute Gasteiger partial charge is 0.310 e. The quantitative estimate of drug-likeness (QED) is 0.823. The second kappa shape index (κ2) is 6.11. The summed E-state index contributed by atoms with van der Waals surface area (Å²) in [5.41, 5.74) is 0. The highest BCUT2D eigenvalue weighted by molar-refractivity contribution is 4.91. The molecule has 0 aromatic heterocycles. The number of hydrogen-bond donors (Lipinski definition) is 1. The topological polar surface area (TPSA) is 18.5 Å². The fourth-order valence-corrected chi connectivity index (χ4v) is 4.32. The maximum absolute atomic E-state index is 3.97. The predicted molar refractivity (Wildman–Crippen MR) is 80.4 cm³/mol. The molecule has 110 valence electrons. The van der Waals surface area contributed by atoms with E-state index < -0.39 is 0 Å². The van der Waals surface area contributed by atoms with E-state index in [1.54, 1.807) is 0 Å². The summed E-state index contributed by atoms with van der Waals surface area (Å²) in [5, 5.41) is 3.97. The van der Waals surface area contributed by atoms with E-state index in [1.807, 2.05) is 0 Å². The van der Waals surface area contributed by atoms with Gasteiger partial charge in [0.1, 0.15) is 0 Å². The number of piperidine rings is 1. The molecule has 3 fully saturated rings. The molecule has 3 rings (SSSR count). The zero-order valence-corrected chi connectivity index (χ0v) is 12.8. The molecule has 0 radical (unpaired) electrons. The molecule has 3 nitrogen and oxygen atoms in total. The van der Waals surface area contributed by atoms with Crippen molar-refractivity contribution in [3.63, 3.8) is 0 Å². The second-order valence-electron chi connectivity index (χ2n) is 7.18. The molecule has 0 amide bonds. The van der Waals surface area contributed by atoms with Crippen molar-refractivity contribution in [3.8, 4) is 0 Å². The first-order valence-electron chi connectivity index (χ1n) is 8.41. The highest BCUT2D eigenvalue weighted by Crippen LogP contribution is 2.32. The SMILES string of the molecule is CC1CN(CC2CCC3CCCCC3N2)CCN1C. The van der Waals surface area contributed by atoms with Crippen LogP contribution in [0.3, 0.4) is 0 Å². The van der Waals surface area contributed by atoms with Crippen molar-refractivity contribution >= 4 is 0 Å². The van der Waals surface area contributed by atoms with Crippen LogP contribution in [-0.2, 0) is 0 Å². The smallest absolute Gasteiger partial charge is 0.0197 e. The van der Waals surface area contributed by atoms with Crippen LogP contribution in [0.15, 0.2) is 0 Å². The minimum absolute atomic E-state index is 0.722. The molecule has 2 aliphatic heterocycles. The molecule has 1 N–H and O–H groups in total. The lowest BCUT2D eigenvalue weighted by atomic mass is 9.77. The van der Waals surface area contributed by atoms with Gasteiger partial charge in [0.05, 0.1) is 0 Å². The van der Waals surface area contributed by atoms with Crippen LogP contribution in [0.1, 0.15) is 45.4 Å². The first-order valence-corrected chi connectivity index (χ1v) is 8.41. The summed E-state index contributed by atoms with van der Waals surface area (Å²) in [7, 11) is 2.26. The van der Waals surface area contributed by atoms with Crippen LogP contribution in [0, 0.1) is 5.92 Å². The van der Waals surface area contributed by atoms with Gasteiger partial charge in [-0.3, -0.25) is 4.90 Å². The van der Waals surface area contributed by atoms with Crippen LogP contribution in [0.25, 0.3) is 0 Å². The van der Waals surface area contributed by atoms with E-state index in [9.17, 15) is 0 Å². The Morgan fingerprint density at radius 2 is 1.89 bits per heavy atom. The fourth-order valence-electron chi connectivity index (χ4n) is 4.32. The highest BCUT2D eigenvalue weighted by Gasteiger charge is 2.32. The molecule has 0 aromatic rings. The van der Waals surface area contributed by atoms with Crippen molar-refractivity contribution in [2.45, 2.75) is 63.6 Å². The van der Waals surface area contributed by atoms with Crippen LogP contribution < -0.4 is 5.32 Å². The van der Waals surface area contributed by atoms with E-state index in [0.717, 1.165) is 24.0 Å². The summed E-state index contributed by atoms with van der Waals surface area (Å²) in [6.07, 6.45) is 8.72. The summed E-state index contributed by atoms with van der Waals surface area (Å²) in [5.74, 6) is 0.997. The minimum Gasteiger partial charge on any atom is -0.310 e. The maximum Gasteiger partial charge on any atom is 0.0197 e. The Balaban J connectivity index is 1.48. The number of likely N-dealkylation sites (N-methyl/N-ethyl adjacent to an activating group) is 1. The van der Waals surface area contributed by atoms with Crippen molar-refractivity contribution in [2.75, 3.05) is 33.2 Å². The van der Waals surface area contributed by atoms with Gasteiger partial charge in [0.15, 0.2) is 0 Å². The lowest BCUT2D eigenvalue weighted by molar-refractivity contribution is 0.0808. The molecular weight excluding hydrogens is 234 g/mol. The van der Waals surface area contributed by atoms with E-state index in [2.05, 4.69) is 29.1 Å². The third kappa shape index (κ3) is 3.32. The zero-order valence-electron chi connectivity index (χ0n) is 12.8. The Bertz CT molecular complexity index is 294. The van der Waals surface area contributed by atoms with Crippen molar-refractivity contribution in [1.82, 2.24) is 15.1 Å². The number of piperazine rings is 1. The fraction of sp³-hybridized carbons (Fsp3) is 1.00. The Hall–Kier alpha value is -0.120.